The maximum atomic E-state index is 5.78. The summed E-state index contributed by atoms with van der Waals surface area (Å²) in [5.74, 6) is 0.719. The lowest BCUT2D eigenvalue weighted by atomic mass is 10.1. The van der Waals surface area contributed by atoms with Crippen molar-refractivity contribution in [3.05, 3.63) is 41.9 Å². The smallest absolute Gasteiger partial charge is 0.335 e. The number of aryl methyl sites for hydroxylation is 1. The van der Waals surface area contributed by atoms with Crippen molar-refractivity contribution >= 4 is 11.0 Å². The fraction of sp³-hybridized carbons (Fsp3) is 0.231. The molecular weight excluding hydrogens is 244 g/mol. The Bertz CT molecular complexity index is 702. The lowest BCUT2D eigenvalue weighted by Gasteiger charge is -2.00. The number of para-hydroxylation sites is 1. The Morgan fingerprint density at radius 1 is 1.37 bits per heavy atom. The molecule has 1 aromatic carbocycles. The summed E-state index contributed by atoms with van der Waals surface area (Å²) in [4.78, 5) is 4.00. The average molecular weight is 258 g/mol. The van der Waals surface area contributed by atoms with E-state index in [-0.39, 0.29) is 6.61 Å². The third-order valence-electron chi connectivity index (χ3n) is 2.90. The van der Waals surface area contributed by atoms with Gasteiger partial charge in [0.15, 0.2) is 0 Å². The molecule has 3 rings (SSSR count). The maximum absolute atomic E-state index is 5.78. The summed E-state index contributed by atoms with van der Waals surface area (Å²) in [6.07, 6.45) is 1.58. The van der Waals surface area contributed by atoms with Gasteiger partial charge >= 0.3 is 6.01 Å². The molecule has 0 saturated heterocycles. The van der Waals surface area contributed by atoms with Crippen LogP contribution in [0.3, 0.4) is 0 Å². The molecule has 98 valence electrons. The molecule has 0 aliphatic rings. The van der Waals surface area contributed by atoms with Crippen molar-refractivity contribution in [2.24, 2.45) is 12.8 Å². The summed E-state index contributed by atoms with van der Waals surface area (Å²) in [5.41, 5.74) is 7.56. The number of furan rings is 1. The predicted molar refractivity (Wildman–Crippen MR) is 69.4 cm³/mol. The lowest BCUT2D eigenvalue weighted by molar-refractivity contribution is 0.251. The van der Waals surface area contributed by atoms with Gasteiger partial charge in [-0.15, -0.1) is 5.10 Å². The summed E-state index contributed by atoms with van der Waals surface area (Å²) >= 11 is 0. The molecule has 0 atom stereocenters. The van der Waals surface area contributed by atoms with Crippen LogP contribution < -0.4 is 10.5 Å². The van der Waals surface area contributed by atoms with E-state index in [2.05, 4.69) is 10.1 Å². The second kappa shape index (κ2) is 4.74. The Kier molecular flexibility index (Phi) is 2.92. The Hall–Kier alpha value is -2.34. The number of fused-ring (bicyclic) bond motifs is 1. The van der Waals surface area contributed by atoms with Crippen molar-refractivity contribution in [3.63, 3.8) is 0 Å². The van der Waals surface area contributed by atoms with Crippen molar-refractivity contribution in [2.45, 2.75) is 13.2 Å². The van der Waals surface area contributed by atoms with Crippen LogP contribution in [0.1, 0.15) is 11.3 Å². The fourth-order valence-corrected chi connectivity index (χ4v) is 2.01. The third-order valence-corrected chi connectivity index (χ3v) is 2.90. The molecule has 0 unspecified atom stereocenters. The summed E-state index contributed by atoms with van der Waals surface area (Å²) in [6.45, 7) is 0.677. The number of aromatic nitrogens is 3. The van der Waals surface area contributed by atoms with Crippen LogP contribution in [0, 0.1) is 0 Å². The van der Waals surface area contributed by atoms with E-state index in [1.54, 1.807) is 18.1 Å². The van der Waals surface area contributed by atoms with Gasteiger partial charge in [-0.3, -0.25) is 4.68 Å². The summed E-state index contributed by atoms with van der Waals surface area (Å²) in [5, 5.41) is 5.07. The van der Waals surface area contributed by atoms with Crippen LogP contribution in [0.5, 0.6) is 6.01 Å². The van der Waals surface area contributed by atoms with E-state index in [4.69, 9.17) is 14.9 Å². The quantitative estimate of drug-likeness (QED) is 0.769. The number of benzene rings is 1. The lowest BCUT2D eigenvalue weighted by Crippen LogP contribution is -2.03. The predicted octanol–water partition coefficient (Wildman–Crippen LogP) is 1.60. The van der Waals surface area contributed by atoms with E-state index in [9.17, 15) is 0 Å². The minimum atomic E-state index is 0.269. The van der Waals surface area contributed by atoms with Crippen molar-refractivity contribution in [1.82, 2.24) is 14.8 Å². The second-order valence-corrected chi connectivity index (χ2v) is 4.19. The van der Waals surface area contributed by atoms with E-state index < -0.39 is 0 Å². The molecule has 2 heterocycles. The molecule has 2 aromatic heterocycles. The number of ether oxygens (including phenoxy) is 1. The first kappa shape index (κ1) is 11.7. The molecule has 0 spiro atoms. The van der Waals surface area contributed by atoms with Crippen molar-refractivity contribution in [2.75, 3.05) is 0 Å². The number of nitrogens with zero attached hydrogens (tertiary/aromatic N) is 3. The molecular formula is C13H14N4O2. The average Bonchev–Trinajstić information content (AvgIpc) is 2.99. The molecule has 6 nitrogen and oxygen atoms in total. The van der Waals surface area contributed by atoms with Crippen LogP contribution in [0.15, 0.2) is 35.0 Å². The second-order valence-electron chi connectivity index (χ2n) is 4.19. The molecule has 0 amide bonds. The molecule has 6 heteroatoms. The van der Waals surface area contributed by atoms with Gasteiger partial charge in [-0.1, -0.05) is 18.2 Å². The van der Waals surface area contributed by atoms with Gasteiger partial charge in [-0.2, -0.15) is 4.98 Å². The molecule has 2 N–H and O–H groups in total. The largest absolute Gasteiger partial charge is 0.457 e. The summed E-state index contributed by atoms with van der Waals surface area (Å²) in [6, 6.07) is 8.12. The van der Waals surface area contributed by atoms with E-state index >= 15 is 0 Å². The summed E-state index contributed by atoms with van der Waals surface area (Å²) < 4.78 is 12.8. The van der Waals surface area contributed by atoms with Gasteiger partial charge in [0.25, 0.3) is 0 Å². The van der Waals surface area contributed by atoms with Crippen LogP contribution in [0.2, 0.25) is 0 Å². The van der Waals surface area contributed by atoms with Crippen LogP contribution in [0.4, 0.5) is 0 Å². The van der Waals surface area contributed by atoms with Gasteiger partial charge in [-0.25, -0.2) is 0 Å². The third kappa shape index (κ3) is 2.17. The van der Waals surface area contributed by atoms with Crippen molar-refractivity contribution in [3.8, 4) is 6.01 Å². The van der Waals surface area contributed by atoms with Gasteiger partial charge < -0.3 is 14.9 Å². The van der Waals surface area contributed by atoms with E-state index in [0.29, 0.717) is 12.6 Å². The zero-order valence-corrected chi connectivity index (χ0v) is 10.5. The van der Waals surface area contributed by atoms with Gasteiger partial charge in [0, 0.05) is 24.5 Å². The molecule has 0 saturated carbocycles. The van der Waals surface area contributed by atoms with Crippen LogP contribution in [-0.4, -0.2) is 14.8 Å². The molecule has 3 aromatic rings. The van der Waals surface area contributed by atoms with Gasteiger partial charge in [-0.05, 0) is 6.07 Å². The zero-order chi connectivity index (χ0) is 13.2. The summed E-state index contributed by atoms with van der Waals surface area (Å²) in [7, 11) is 1.78. The number of nitrogens with two attached hydrogens (primary N) is 1. The Morgan fingerprint density at radius 3 is 2.95 bits per heavy atom. The first-order valence-corrected chi connectivity index (χ1v) is 5.95. The van der Waals surface area contributed by atoms with Crippen LogP contribution in [-0.2, 0) is 20.2 Å². The van der Waals surface area contributed by atoms with Crippen molar-refractivity contribution in [1.29, 1.82) is 0 Å². The zero-order valence-electron chi connectivity index (χ0n) is 10.5. The van der Waals surface area contributed by atoms with Gasteiger partial charge in [0.1, 0.15) is 24.3 Å². The monoisotopic (exact) mass is 258 g/mol. The van der Waals surface area contributed by atoms with Gasteiger partial charge in [0.2, 0.25) is 0 Å². The van der Waals surface area contributed by atoms with E-state index in [1.165, 1.54) is 0 Å². The topological polar surface area (TPSA) is 79.1 Å². The minimum Gasteiger partial charge on any atom is -0.457 e. The number of hydrogen-bond acceptors (Lipinski definition) is 5. The highest BCUT2D eigenvalue weighted by molar-refractivity contribution is 5.82. The SMILES string of the molecule is Cn1cnc(OCc2oc3ccccc3c2CN)n1. The molecule has 0 bridgehead atoms. The Labute approximate surface area is 109 Å². The Morgan fingerprint density at radius 2 is 2.21 bits per heavy atom. The molecule has 0 aliphatic heterocycles. The van der Waals surface area contributed by atoms with Crippen LogP contribution >= 0.6 is 0 Å². The number of rotatable bonds is 4. The van der Waals surface area contributed by atoms with Crippen molar-refractivity contribution < 1.29 is 9.15 Å². The van der Waals surface area contributed by atoms with Crippen LogP contribution in [0.25, 0.3) is 11.0 Å². The maximum Gasteiger partial charge on any atom is 0.335 e. The molecule has 0 radical (unpaired) electrons. The molecule has 19 heavy (non-hydrogen) atoms. The number of hydrogen-bond donors (Lipinski definition) is 1. The first-order valence-electron chi connectivity index (χ1n) is 5.95. The van der Waals surface area contributed by atoms with E-state index in [1.807, 2.05) is 24.3 Å². The standard InChI is InChI=1S/C13H14N4O2/c1-17-8-15-13(16-17)18-7-12-10(6-14)9-4-2-3-5-11(9)19-12/h2-5,8H,6-7,14H2,1H3. The normalized spacial score (nSPS) is 11.1. The van der Waals surface area contributed by atoms with E-state index in [0.717, 1.165) is 22.3 Å². The molecule has 0 aliphatic carbocycles. The Balaban J connectivity index is 1.87. The first-order chi connectivity index (χ1) is 9.28. The highest BCUT2D eigenvalue weighted by atomic mass is 16.5. The fourth-order valence-electron chi connectivity index (χ4n) is 2.01. The van der Waals surface area contributed by atoms with Gasteiger partial charge in [0.05, 0.1) is 0 Å². The highest BCUT2D eigenvalue weighted by Gasteiger charge is 2.13. The molecule has 0 fully saturated rings. The minimum absolute atomic E-state index is 0.269. The highest BCUT2D eigenvalue weighted by Crippen LogP contribution is 2.26.